The van der Waals surface area contributed by atoms with Crippen molar-refractivity contribution < 1.29 is 9.53 Å². The molecule has 0 aliphatic carbocycles. The molecule has 1 amide bonds. The van der Waals surface area contributed by atoms with Gasteiger partial charge in [0.2, 0.25) is 0 Å². The summed E-state index contributed by atoms with van der Waals surface area (Å²) in [6.07, 6.45) is 3.34. The number of para-hydroxylation sites is 2. The Hall–Kier alpha value is -1.51. The number of carbonyl (C=O) groups excluding carboxylic acids is 1. The maximum absolute atomic E-state index is 12.1. The molecular weight excluding hydrogens is 419 g/mol. The summed E-state index contributed by atoms with van der Waals surface area (Å²) in [5.41, 5.74) is 0.868. The van der Waals surface area contributed by atoms with Gasteiger partial charge in [0.05, 0.1) is 5.69 Å². The predicted octanol–water partition coefficient (Wildman–Crippen LogP) is 2.09. The molecule has 24 heavy (non-hydrogen) atoms. The van der Waals surface area contributed by atoms with E-state index in [2.05, 4.69) is 15.2 Å². The highest BCUT2D eigenvalue weighted by Crippen LogP contribution is 2.31. The topological polar surface area (TPSA) is 57.2 Å². The minimum Gasteiger partial charge on any atom is -0.482 e. The Morgan fingerprint density at radius 1 is 1.29 bits per heavy atom. The van der Waals surface area contributed by atoms with Crippen LogP contribution in [-0.2, 0) is 4.79 Å². The van der Waals surface area contributed by atoms with E-state index < -0.39 is 0 Å². The Morgan fingerprint density at radius 2 is 2.04 bits per heavy atom. The number of aliphatic imine (C=N–C) groups is 1. The van der Waals surface area contributed by atoms with E-state index in [-0.39, 0.29) is 36.5 Å². The number of likely N-dealkylation sites (tertiary alicyclic amines) is 1. The van der Waals surface area contributed by atoms with Crippen LogP contribution in [0.1, 0.15) is 19.3 Å². The summed E-state index contributed by atoms with van der Waals surface area (Å²) in [5, 5.41) is 3.40. The molecule has 0 saturated carbocycles. The number of halogens is 1. The smallest absolute Gasteiger partial charge is 0.265 e. The molecule has 1 saturated heterocycles. The lowest BCUT2D eigenvalue weighted by atomic mass is 10.2. The normalized spacial score (nSPS) is 17.2. The van der Waals surface area contributed by atoms with Crippen molar-refractivity contribution in [1.82, 2.24) is 10.2 Å². The Balaban J connectivity index is 0.00000208. The predicted molar refractivity (Wildman–Crippen MR) is 106 cm³/mol. The first kappa shape index (κ1) is 18.8. The maximum atomic E-state index is 12.1. The van der Waals surface area contributed by atoms with Gasteiger partial charge < -0.3 is 19.9 Å². The number of guanidine groups is 1. The molecule has 1 aromatic rings. The first-order valence-electron chi connectivity index (χ1n) is 8.27. The van der Waals surface area contributed by atoms with Gasteiger partial charge in [-0.15, -0.1) is 24.0 Å². The number of hydrogen-bond donors (Lipinski definition) is 1. The van der Waals surface area contributed by atoms with Gasteiger partial charge in [0.1, 0.15) is 5.75 Å². The van der Waals surface area contributed by atoms with Crippen LogP contribution >= 0.6 is 24.0 Å². The zero-order chi connectivity index (χ0) is 16.1. The average Bonchev–Trinajstić information content (AvgIpc) is 3.11. The van der Waals surface area contributed by atoms with Crippen LogP contribution in [-0.4, -0.2) is 56.6 Å². The van der Waals surface area contributed by atoms with E-state index in [1.165, 1.54) is 12.8 Å². The molecule has 2 heterocycles. The number of carbonyl (C=O) groups is 1. The van der Waals surface area contributed by atoms with Gasteiger partial charge in [-0.2, -0.15) is 0 Å². The molecule has 2 aliphatic heterocycles. The van der Waals surface area contributed by atoms with E-state index in [0.717, 1.165) is 43.5 Å². The van der Waals surface area contributed by atoms with Gasteiger partial charge in [0.25, 0.3) is 5.91 Å². The number of hydrogen-bond acceptors (Lipinski definition) is 3. The van der Waals surface area contributed by atoms with Crippen molar-refractivity contribution in [3.63, 3.8) is 0 Å². The van der Waals surface area contributed by atoms with Crippen LogP contribution in [0.4, 0.5) is 5.69 Å². The van der Waals surface area contributed by atoms with Crippen molar-refractivity contribution in [3.05, 3.63) is 24.3 Å². The van der Waals surface area contributed by atoms with E-state index >= 15 is 0 Å². The van der Waals surface area contributed by atoms with E-state index in [4.69, 9.17) is 4.74 Å². The molecule has 0 spiro atoms. The number of rotatable bonds is 4. The third kappa shape index (κ3) is 4.31. The van der Waals surface area contributed by atoms with Crippen LogP contribution in [0.5, 0.6) is 5.75 Å². The van der Waals surface area contributed by atoms with Crippen LogP contribution in [0.25, 0.3) is 0 Å². The highest BCUT2D eigenvalue weighted by atomic mass is 127. The molecule has 2 aliphatic rings. The van der Waals surface area contributed by atoms with Crippen molar-refractivity contribution >= 4 is 41.5 Å². The second-order valence-corrected chi connectivity index (χ2v) is 5.82. The molecule has 1 aromatic carbocycles. The zero-order valence-electron chi connectivity index (χ0n) is 14.0. The van der Waals surface area contributed by atoms with E-state index in [1.54, 1.807) is 0 Å². The molecule has 0 bridgehead atoms. The molecular formula is C17H25IN4O2. The Morgan fingerprint density at radius 3 is 2.79 bits per heavy atom. The summed E-state index contributed by atoms with van der Waals surface area (Å²) in [7, 11) is 1.82. The van der Waals surface area contributed by atoms with Crippen LogP contribution in [0, 0.1) is 0 Å². The van der Waals surface area contributed by atoms with Crippen LogP contribution in [0.15, 0.2) is 29.3 Å². The van der Waals surface area contributed by atoms with Crippen molar-refractivity contribution in [1.29, 1.82) is 0 Å². The average molecular weight is 444 g/mol. The molecule has 3 rings (SSSR count). The van der Waals surface area contributed by atoms with Crippen LogP contribution in [0.2, 0.25) is 0 Å². The van der Waals surface area contributed by atoms with E-state index in [9.17, 15) is 4.79 Å². The molecule has 0 atom stereocenters. The SMILES string of the molecule is CN=C(NCCCN1C(=O)COc2ccccc21)N1CCCC1.I. The van der Waals surface area contributed by atoms with Crippen molar-refractivity contribution in [2.75, 3.05) is 44.7 Å². The number of fused-ring (bicyclic) bond motifs is 1. The van der Waals surface area contributed by atoms with Gasteiger partial charge in [-0.1, -0.05) is 12.1 Å². The molecule has 7 heteroatoms. The number of ether oxygens (including phenoxy) is 1. The van der Waals surface area contributed by atoms with Crippen LogP contribution < -0.4 is 15.0 Å². The fourth-order valence-electron chi connectivity index (χ4n) is 3.10. The summed E-state index contributed by atoms with van der Waals surface area (Å²) >= 11 is 0. The zero-order valence-corrected chi connectivity index (χ0v) is 16.4. The van der Waals surface area contributed by atoms with Crippen molar-refractivity contribution in [2.45, 2.75) is 19.3 Å². The second kappa shape index (κ2) is 9.10. The standard InChI is InChI=1S/C17H24N4O2.HI/c1-18-17(20-10-4-5-11-20)19-9-6-12-21-14-7-2-3-8-15(14)23-13-16(21)22;/h2-3,7-8H,4-6,9-13H2,1H3,(H,18,19);1H. The third-order valence-electron chi connectivity index (χ3n) is 4.27. The third-order valence-corrected chi connectivity index (χ3v) is 4.27. The Kier molecular flexibility index (Phi) is 7.14. The number of nitrogens with one attached hydrogen (secondary N) is 1. The van der Waals surface area contributed by atoms with E-state index in [1.807, 2.05) is 36.2 Å². The maximum Gasteiger partial charge on any atom is 0.265 e. The van der Waals surface area contributed by atoms with Crippen molar-refractivity contribution in [3.8, 4) is 5.75 Å². The monoisotopic (exact) mass is 444 g/mol. The summed E-state index contributed by atoms with van der Waals surface area (Å²) in [4.78, 5) is 20.5. The molecule has 132 valence electrons. The van der Waals surface area contributed by atoms with Crippen LogP contribution in [0.3, 0.4) is 0 Å². The molecule has 1 N–H and O–H groups in total. The lowest BCUT2D eigenvalue weighted by molar-refractivity contribution is -0.121. The minimum absolute atomic E-state index is 0. The number of anilines is 1. The summed E-state index contributed by atoms with van der Waals surface area (Å²) < 4.78 is 5.46. The minimum atomic E-state index is 0. The largest absolute Gasteiger partial charge is 0.482 e. The molecule has 0 radical (unpaired) electrons. The van der Waals surface area contributed by atoms with Gasteiger partial charge in [-0.3, -0.25) is 9.79 Å². The lowest BCUT2D eigenvalue weighted by Gasteiger charge is -2.29. The highest BCUT2D eigenvalue weighted by Gasteiger charge is 2.24. The molecule has 1 fully saturated rings. The van der Waals surface area contributed by atoms with Crippen molar-refractivity contribution in [2.24, 2.45) is 4.99 Å². The quantitative estimate of drug-likeness (QED) is 0.335. The number of benzene rings is 1. The first-order valence-corrected chi connectivity index (χ1v) is 8.27. The molecule has 0 aromatic heterocycles. The van der Waals surface area contributed by atoms with Gasteiger partial charge in [-0.25, -0.2) is 0 Å². The molecule has 6 nitrogen and oxygen atoms in total. The van der Waals surface area contributed by atoms with Gasteiger partial charge in [0, 0.05) is 33.2 Å². The van der Waals surface area contributed by atoms with Gasteiger partial charge >= 0.3 is 0 Å². The fraction of sp³-hybridized carbons (Fsp3) is 0.529. The number of nitrogens with zero attached hydrogens (tertiary/aromatic N) is 3. The highest BCUT2D eigenvalue weighted by molar-refractivity contribution is 14.0. The first-order chi connectivity index (χ1) is 11.3. The Bertz CT molecular complexity index is 588. The lowest BCUT2D eigenvalue weighted by Crippen LogP contribution is -2.42. The fourth-order valence-corrected chi connectivity index (χ4v) is 3.10. The van der Waals surface area contributed by atoms with Gasteiger partial charge in [0.15, 0.2) is 12.6 Å². The Labute approximate surface area is 160 Å². The summed E-state index contributed by atoms with van der Waals surface area (Å²) in [6.45, 7) is 3.77. The van der Waals surface area contributed by atoms with Gasteiger partial charge in [-0.05, 0) is 31.4 Å². The van der Waals surface area contributed by atoms with E-state index in [0.29, 0.717) is 6.54 Å². The summed E-state index contributed by atoms with van der Waals surface area (Å²) in [5.74, 6) is 1.77. The second-order valence-electron chi connectivity index (χ2n) is 5.82. The molecule has 0 unspecified atom stereocenters. The summed E-state index contributed by atoms with van der Waals surface area (Å²) in [6, 6.07) is 7.70. The number of amides is 1.